The fourth-order valence-electron chi connectivity index (χ4n) is 2.85. The van der Waals surface area contributed by atoms with Crippen molar-refractivity contribution in [3.05, 3.63) is 35.1 Å². The fraction of sp³-hybridized carbons (Fsp3) is 0.625. The molecule has 5 heteroatoms. The highest BCUT2D eigenvalue weighted by Gasteiger charge is 2.39. The van der Waals surface area contributed by atoms with Gasteiger partial charge in [-0.25, -0.2) is 13.2 Å². The van der Waals surface area contributed by atoms with Gasteiger partial charge >= 0.3 is 0 Å². The van der Waals surface area contributed by atoms with Crippen LogP contribution in [0.4, 0.5) is 13.2 Å². The monoisotopic (exact) mass is 301 g/mol. The first-order valence-electron chi connectivity index (χ1n) is 7.44. The van der Waals surface area contributed by atoms with E-state index in [0.29, 0.717) is 19.0 Å². The summed E-state index contributed by atoms with van der Waals surface area (Å²) in [6.07, 6.45) is 4.35. The van der Waals surface area contributed by atoms with Crippen molar-refractivity contribution in [3.63, 3.8) is 0 Å². The highest BCUT2D eigenvalue weighted by atomic mass is 19.2. The molecule has 0 radical (unpaired) electrons. The van der Waals surface area contributed by atoms with Crippen molar-refractivity contribution in [3.8, 4) is 0 Å². The van der Waals surface area contributed by atoms with Crippen LogP contribution in [-0.4, -0.2) is 19.3 Å². The van der Waals surface area contributed by atoms with Gasteiger partial charge in [0.05, 0.1) is 5.60 Å². The highest BCUT2D eigenvalue weighted by Crippen LogP contribution is 2.42. The Kier molecular flexibility index (Phi) is 5.27. The molecule has 2 nitrogen and oxygen atoms in total. The summed E-state index contributed by atoms with van der Waals surface area (Å²) in [5.41, 5.74) is -0.103. The van der Waals surface area contributed by atoms with E-state index >= 15 is 0 Å². The maximum absolute atomic E-state index is 14.0. The Bertz CT molecular complexity index is 483. The summed E-state index contributed by atoms with van der Waals surface area (Å²) in [6.45, 7) is 2.68. The van der Waals surface area contributed by atoms with Crippen LogP contribution in [0, 0.1) is 17.5 Å². The summed E-state index contributed by atoms with van der Waals surface area (Å²) in [6, 6.07) is 1.20. The molecule has 1 unspecified atom stereocenters. The molecule has 1 aliphatic rings. The van der Waals surface area contributed by atoms with E-state index in [1.54, 1.807) is 7.11 Å². The van der Waals surface area contributed by atoms with Gasteiger partial charge in [-0.2, -0.15) is 0 Å². The topological polar surface area (TPSA) is 21.3 Å². The Morgan fingerprint density at radius 3 is 2.38 bits per heavy atom. The molecule has 0 saturated heterocycles. The van der Waals surface area contributed by atoms with Gasteiger partial charge in [-0.15, -0.1) is 0 Å². The third-order valence-electron chi connectivity index (χ3n) is 4.33. The molecule has 0 spiro atoms. The van der Waals surface area contributed by atoms with Gasteiger partial charge in [-0.3, -0.25) is 0 Å². The minimum Gasteiger partial charge on any atom is -0.378 e. The van der Waals surface area contributed by atoms with Gasteiger partial charge in [0.25, 0.3) is 0 Å². The Morgan fingerprint density at radius 2 is 1.86 bits per heavy atom. The minimum atomic E-state index is -1.16. The van der Waals surface area contributed by atoms with E-state index in [0.717, 1.165) is 31.7 Å². The molecule has 1 fully saturated rings. The molecule has 0 aliphatic heterocycles. The van der Waals surface area contributed by atoms with Gasteiger partial charge in [0.1, 0.15) is 5.82 Å². The summed E-state index contributed by atoms with van der Waals surface area (Å²) >= 11 is 0. The maximum atomic E-state index is 14.0. The maximum Gasteiger partial charge on any atom is 0.161 e. The van der Waals surface area contributed by atoms with Crippen molar-refractivity contribution in [2.75, 3.05) is 13.7 Å². The molecule has 1 atom stereocenters. The second-order valence-electron chi connectivity index (χ2n) is 5.74. The van der Waals surface area contributed by atoms with Gasteiger partial charge in [-0.1, -0.05) is 6.92 Å². The zero-order valence-electron chi connectivity index (χ0n) is 12.5. The van der Waals surface area contributed by atoms with Crippen LogP contribution >= 0.6 is 0 Å². The SMILES string of the molecule is CCCNC(CC1(OC)CCC1)c1cc(F)c(F)cc1F. The molecule has 2 rings (SSSR count). The second-order valence-corrected chi connectivity index (χ2v) is 5.74. The zero-order chi connectivity index (χ0) is 15.5. The van der Waals surface area contributed by atoms with E-state index in [1.165, 1.54) is 0 Å². The van der Waals surface area contributed by atoms with Crippen LogP contribution in [0.2, 0.25) is 0 Å². The van der Waals surface area contributed by atoms with Crippen molar-refractivity contribution in [1.82, 2.24) is 5.32 Å². The first kappa shape index (κ1) is 16.3. The molecule has 1 N–H and O–H groups in total. The molecule has 118 valence electrons. The number of halogens is 3. The first-order valence-corrected chi connectivity index (χ1v) is 7.44. The summed E-state index contributed by atoms with van der Waals surface area (Å²) in [5, 5.41) is 3.22. The number of ether oxygens (including phenoxy) is 1. The van der Waals surface area contributed by atoms with E-state index in [2.05, 4.69) is 5.32 Å². The van der Waals surface area contributed by atoms with E-state index in [-0.39, 0.29) is 17.2 Å². The van der Waals surface area contributed by atoms with Crippen LogP contribution in [0.3, 0.4) is 0 Å². The van der Waals surface area contributed by atoms with E-state index in [1.807, 2.05) is 6.92 Å². The lowest BCUT2D eigenvalue weighted by atomic mass is 9.74. The van der Waals surface area contributed by atoms with E-state index in [9.17, 15) is 13.2 Å². The van der Waals surface area contributed by atoms with Gasteiger partial charge in [0, 0.05) is 24.8 Å². The molecule has 1 aliphatic carbocycles. The molecule has 1 aromatic carbocycles. The van der Waals surface area contributed by atoms with Crippen LogP contribution in [0.5, 0.6) is 0 Å². The summed E-state index contributed by atoms with van der Waals surface area (Å²) in [4.78, 5) is 0. The Labute approximate surface area is 123 Å². The van der Waals surface area contributed by atoms with Crippen LogP contribution in [0.1, 0.15) is 50.6 Å². The average molecular weight is 301 g/mol. The van der Waals surface area contributed by atoms with Gasteiger partial charge in [0.2, 0.25) is 0 Å². The number of benzene rings is 1. The summed E-state index contributed by atoms with van der Waals surface area (Å²) in [7, 11) is 1.65. The fourth-order valence-corrected chi connectivity index (χ4v) is 2.85. The highest BCUT2D eigenvalue weighted by molar-refractivity contribution is 5.24. The molecule has 0 heterocycles. The van der Waals surface area contributed by atoms with Crippen LogP contribution < -0.4 is 5.32 Å². The molecule has 1 saturated carbocycles. The summed E-state index contributed by atoms with van der Waals surface area (Å²) in [5.74, 6) is -2.89. The number of rotatable bonds is 7. The molecule has 0 bridgehead atoms. The zero-order valence-corrected chi connectivity index (χ0v) is 12.5. The number of methoxy groups -OCH3 is 1. The number of hydrogen-bond acceptors (Lipinski definition) is 2. The number of hydrogen-bond donors (Lipinski definition) is 1. The molecular weight excluding hydrogens is 279 g/mol. The molecule has 0 aromatic heterocycles. The smallest absolute Gasteiger partial charge is 0.161 e. The quantitative estimate of drug-likeness (QED) is 0.765. The Balaban J connectivity index is 2.25. The summed E-state index contributed by atoms with van der Waals surface area (Å²) < 4.78 is 46.1. The molecular formula is C16H22F3NO. The van der Waals surface area contributed by atoms with Gasteiger partial charge in [0.15, 0.2) is 11.6 Å². The lowest BCUT2D eigenvalue weighted by Crippen LogP contribution is -2.43. The Morgan fingerprint density at radius 1 is 1.19 bits per heavy atom. The average Bonchev–Trinajstić information content (AvgIpc) is 2.42. The number of nitrogens with one attached hydrogen (secondary N) is 1. The van der Waals surface area contributed by atoms with Crippen LogP contribution in [0.15, 0.2) is 12.1 Å². The molecule has 1 aromatic rings. The third-order valence-corrected chi connectivity index (χ3v) is 4.33. The normalized spacial score (nSPS) is 18.3. The van der Waals surface area contributed by atoms with E-state index in [4.69, 9.17) is 4.74 Å². The van der Waals surface area contributed by atoms with Crippen LogP contribution in [-0.2, 0) is 4.74 Å². The van der Waals surface area contributed by atoms with E-state index < -0.39 is 17.5 Å². The first-order chi connectivity index (χ1) is 10.0. The van der Waals surface area contributed by atoms with Crippen molar-refractivity contribution < 1.29 is 17.9 Å². The van der Waals surface area contributed by atoms with Gasteiger partial charge < -0.3 is 10.1 Å². The van der Waals surface area contributed by atoms with Crippen molar-refractivity contribution in [2.45, 2.75) is 50.7 Å². The van der Waals surface area contributed by atoms with Crippen molar-refractivity contribution >= 4 is 0 Å². The van der Waals surface area contributed by atoms with Crippen LogP contribution in [0.25, 0.3) is 0 Å². The van der Waals surface area contributed by atoms with Gasteiger partial charge in [-0.05, 0) is 44.7 Å². The van der Waals surface area contributed by atoms with Crippen molar-refractivity contribution in [1.29, 1.82) is 0 Å². The predicted molar refractivity (Wildman–Crippen MR) is 75.6 cm³/mol. The third kappa shape index (κ3) is 3.58. The Hall–Kier alpha value is -1.07. The lowest BCUT2D eigenvalue weighted by Gasteiger charge is -2.43. The minimum absolute atomic E-state index is 0.172. The standard InChI is InChI=1S/C16H22F3NO/c1-3-7-20-15(10-16(21-2)5-4-6-16)11-8-13(18)14(19)9-12(11)17/h8-9,15,20H,3-7,10H2,1-2H3. The lowest BCUT2D eigenvalue weighted by molar-refractivity contribution is -0.0839. The predicted octanol–water partition coefficient (Wildman–Crippen LogP) is 4.10. The molecule has 21 heavy (non-hydrogen) atoms. The molecule has 0 amide bonds. The van der Waals surface area contributed by atoms with Crippen molar-refractivity contribution in [2.24, 2.45) is 0 Å². The second kappa shape index (κ2) is 6.79. The largest absolute Gasteiger partial charge is 0.378 e.